The van der Waals surface area contributed by atoms with Gasteiger partial charge in [-0.05, 0) is 32.4 Å². The van der Waals surface area contributed by atoms with Gasteiger partial charge in [-0.25, -0.2) is 4.98 Å². The van der Waals surface area contributed by atoms with E-state index in [1.165, 1.54) is 0 Å². The van der Waals surface area contributed by atoms with E-state index in [1.807, 2.05) is 39.0 Å². The molecule has 0 fully saturated rings. The normalized spacial score (nSPS) is 11.1. The number of rotatable bonds is 4. The Morgan fingerprint density at radius 2 is 2.09 bits per heavy atom. The summed E-state index contributed by atoms with van der Waals surface area (Å²) in [6.07, 6.45) is 0.722. The van der Waals surface area contributed by atoms with E-state index < -0.39 is 0 Å². The van der Waals surface area contributed by atoms with Gasteiger partial charge in [0, 0.05) is 7.05 Å². The number of nitrogens with zero attached hydrogens (tertiary/aromatic N) is 3. The molecule has 6 heteroatoms. The Morgan fingerprint density at radius 3 is 2.78 bits per heavy atom. The molecule has 2 heterocycles. The quantitative estimate of drug-likeness (QED) is 0.803. The van der Waals surface area contributed by atoms with Crippen molar-refractivity contribution >= 4 is 11.0 Å². The fraction of sp³-hybridized carbons (Fsp3) is 0.353. The van der Waals surface area contributed by atoms with Crippen molar-refractivity contribution in [1.82, 2.24) is 19.7 Å². The SMILES string of the molecule is CCOc1ccc(C)cc1-c1nc2c(CC)nn(C)c2c(=O)[nH]1. The van der Waals surface area contributed by atoms with Gasteiger partial charge in [0.25, 0.3) is 5.56 Å². The van der Waals surface area contributed by atoms with Crippen LogP contribution in [0.3, 0.4) is 0 Å². The van der Waals surface area contributed by atoms with E-state index in [1.54, 1.807) is 11.7 Å². The summed E-state index contributed by atoms with van der Waals surface area (Å²) in [7, 11) is 1.76. The van der Waals surface area contributed by atoms with Crippen molar-refractivity contribution in [3.63, 3.8) is 0 Å². The number of aromatic amines is 1. The van der Waals surface area contributed by atoms with Crippen molar-refractivity contribution in [3.05, 3.63) is 39.8 Å². The van der Waals surface area contributed by atoms with Gasteiger partial charge in [-0.3, -0.25) is 9.48 Å². The second-order valence-electron chi connectivity index (χ2n) is 5.47. The fourth-order valence-corrected chi connectivity index (χ4v) is 2.72. The van der Waals surface area contributed by atoms with Crippen LogP contribution in [0.2, 0.25) is 0 Å². The molecule has 0 saturated heterocycles. The molecule has 0 saturated carbocycles. The van der Waals surface area contributed by atoms with Gasteiger partial charge in [-0.2, -0.15) is 5.10 Å². The first-order valence-corrected chi connectivity index (χ1v) is 7.74. The number of aryl methyl sites for hydroxylation is 3. The molecule has 1 aromatic carbocycles. The lowest BCUT2D eigenvalue weighted by molar-refractivity contribution is 0.341. The third kappa shape index (κ3) is 2.60. The van der Waals surface area contributed by atoms with E-state index in [4.69, 9.17) is 4.74 Å². The maximum atomic E-state index is 12.5. The molecule has 0 aliphatic carbocycles. The number of hydrogen-bond donors (Lipinski definition) is 1. The average molecular weight is 312 g/mol. The Morgan fingerprint density at radius 1 is 1.30 bits per heavy atom. The van der Waals surface area contributed by atoms with Gasteiger partial charge >= 0.3 is 0 Å². The molecule has 0 unspecified atom stereocenters. The van der Waals surface area contributed by atoms with Gasteiger partial charge < -0.3 is 9.72 Å². The number of benzene rings is 1. The molecule has 3 aromatic rings. The van der Waals surface area contributed by atoms with Crippen LogP contribution in [0, 0.1) is 6.92 Å². The summed E-state index contributed by atoms with van der Waals surface area (Å²) in [5.41, 5.74) is 3.64. The minimum Gasteiger partial charge on any atom is -0.493 e. The molecule has 23 heavy (non-hydrogen) atoms. The van der Waals surface area contributed by atoms with Crippen molar-refractivity contribution in [2.24, 2.45) is 7.05 Å². The lowest BCUT2D eigenvalue weighted by atomic mass is 10.1. The highest BCUT2D eigenvalue weighted by atomic mass is 16.5. The molecule has 1 N–H and O–H groups in total. The first kappa shape index (κ1) is 15.3. The number of aromatic nitrogens is 4. The minimum atomic E-state index is -0.191. The molecule has 2 aromatic heterocycles. The van der Waals surface area contributed by atoms with E-state index in [0.717, 1.165) is 23.2 Å². The Bertz CT molecular complexity index is 924. The molecule has 0 aliphatic rings. The molecule has 0 aliphatic heterocycles. The van der Waals surface area contributed by atoms with Crippen molar-refractivity contribution in [2.75, 3.05) is 6.61 Å². The third-order valence-electron chi connectivity index (χ3n) is 3.79. The first-order valence-electron chi connectivity index (χ1n) is 7.74. The highest BCUT2D eigenvalue weighted by Gasteiger charge is 2.16. The van der Waals surface area contributed by atoms with Crippen molar-refractivity contribution in [3.8, 4) is 17.1 Å². The summed E-state index contributed by atoms with van der Waals surface area (Å²) in [6.45, 7) is 6.48. The van der Waals surface area contributed by atoms with Crippen LogP contribution in [0.1, 0.15) is 25.1 Å². The molecule has 0 bridgehead atoms. The summed E-state index contributed by atoms with van der Waals surface area (Å²) >= 11 is 0. The van der Waals surface area contributed by atoms with Gasteiger partial charge in [-0.15, -0.1) is 0 Å². The lowest BCUT2D eigenvalue weighted by Crippen LogP contribution is -2.12. The van der Waals surface area contributed by atoms with Crippen LogP contribution >= 0.6 is 0 Å². The summed E-state index contributed by atoms with van der Waals surface area (Å²) in [6, 6.07) is 5.85. The summed E-state index contributed by atoms with van der Waals surface area (Å²) in [4.78, 5) is 20.0. The topological polar surface area (TPSA) is 72.8 Å². The standard InChI is InChI=1S/C17H20N4O2/c1-5-12-14-15(21(4)20-12)17(22)19-16(18-14)11-9-10(3)7-8-13(11)23-6-2/h7-9H,5-6H2,1-4H3,(H,18,19,22). The van der Waals surface area contributed by atoms with Gasteiger partial charge in [0.05, 0.1) is 17.9 Å². The predicted octanol–water partition coefficient (Wildman–Crippen LogP) is 2.59. The smallest absolute Gasteiger partial charge is 0.277 e. The number of fused-ring (bicyclic) bond motifs is 1. The third-order valence-corrected chi connectivity index (χ3v) is 3.79. The zero-order chi connectivity index (χ0) is 16.6. The second-order valence-corrected chi connectivity index (χ2v) is 5.47. The van der Waals surface area contributed by atoms with Crippen molar-refractivity contribution in [2.45, 2.75) is 27.2 Å². The molecule has 0 radical (unpaired) electrons. The van der Waals surface area contributed by atoms with E-state index in [-0.39, 0.29) is 5.56 Å². The molecular weight excluding hydrogens is 292 g/mol. The van der Waals surface area contributed by atoms with Crippen molar-refractivity contribution in [1.29, 1.82) is 0 Å². The molecule has 6 nitrogen and oxygen atoms in total. The van der Waals surface area contributed by atoms with E-state index >= 15 is 0 Å². The summed E-state index contributed by atoms with van der Waals surface area (Å²) in [5, 5.41) is 4.38. The molecule has 3 rings (SSSR count). The maximum Gasteiger partial charge on any atom is 0.277 e. The predicted molar refractivity (Wildman–Crippen MR) is 89.8 cm³/mol. The maximum absolute atomic E-state index is 12.5. The van der Waals surface area contributed by atoms with Crippen LogP contribution in [0.15, 0.2) is 23.0 Å². The number of ether oxygens (including phenoxy) is 1. The van der Waals surface area contributed by atoms with Crippen LogP contribution in [0.5, 0.6) is 5.75 Å². The minimum absolute atomic E-state index is 0.191. The van der Waals surface area contributed by atoms with Gasteiger partial charge in [-0.1, -0.05) is 18.6 Å². The number of H-pyrrole nitrogens is 1. The number of hydrogen-bond acceptors (Lipinski definition) is 4. The Labute approximate surface area is 134 Å². The largest absolute Gasteiger partial charge is 0.493 e. The summed E-state index contributed by atoms with van der Waals surface area (Å²) < 4.78 is 7.26. The van der Waals surface area contributed by atoms with Crippen LogP contribution < -0.4 is 10.3 Å². The molecule has 0 amide bonds. The second kappa shape index (κ2) is 5.87. The Balaban J connectivity index is 2.29. The molecule has 0 atom stereocenters. The fourth-order valence-electron chi connectivity index (χ4n) is 2.72. The van der Waals surface area contributed by atoms with E-state index in [2.05, 4.69) is 15.1 Å². The molecule has 0 spiro atoms. The number of nitrogens with one attached hydrogen (secondary N) is 1. The summed E-state index contributed by atoms with van der Waals surface area (Å²) in [5.74, 6) is 1.22. The molecule has 120 valence electrons. The van der Waals surface area contributed by atoms with E-state index in [0.29, 0.717) is 29.2 Å². The Kier molecular flexibility index (Phi) is 3.90. The van der Waals surface area contributed by atoms with Crippen LogP contribution in [0.25, 0.3) is 22.4 Å². The molecular formula is C17H20N4O2. The highest BCUT2D eigenvalue weighted by Crippen LogP contribution is 2.29. The van der Waals surface area contributed by atoms with Gasteiger partial charge in [0.1, 0.15) is 17.1 Å². The monoisotopic (exact) mass is 312 g/mol. The first-order chi connectivity index (χ1) is 11.0. The van der Waals surface area contributed by atoms with E-state index in [9.17, 15) is 4.79 Å². The zero-order valence-electron chi connectivity index (χ0n) is 13.8. The highest BCUT2D eigenvalue weighted by molar-refractivity contribution is 5.79. The van der Waals surface area contributed by atoms with Crippen LogP contribution in [-0.2, 0) is 13.5 Å². The van der Waals surface area contributed by atoms with Gasteiger partial charge in [0.2, 0.25) is 0 Å². The Hall–Kier alpha value is -2.63. The zero-order valence-corrected chi connectivity index (χ0v) is 13.8. The van der Waals surface area contributed by atoms with Crippen molar-refractivity contribution < 1.29 is 4.74 Å². The van der Waals surface area contributed by atoms with Crippen LogP contribution in [-0.4, -0.2) is 26.4 Å². The van der Waals surface area contributed by atoms with Crippen LogP contribution in [0.4, 0.5) is 0 Å². The average Bonchev–Trinajstić information content (AvgIpc) is 2.86. The lowest BCUT2D eigenvalue weighted by Gasteiger charge is -2.10. The van der Waals surface area contributed by atoms with Gasteiger partial charge in [0.15, 0.2) is 5.52 Å².